The van der Waals surface area contributed by atoms with E-state index in [0.717, 1.165) is 31.8 Å². The largest absolute Gasteiger partial charge is 0.373 e. The van der Waals surface area contributed by atoms with Gasteiger partial charge in [0, 0.05) is 21.6 Å². The van der Waals surface area contributed by atoms with Gasteiger partial charge in [-0.2, -0.15) is 0 Å². The van der Waals surface area contributed by atoms with Crippen molar-refractivity contribution in [1.82, 2.24) is 9.97 Å². The lowest BCUT2D eigenvalue weighted by molar-refractivity contribution is 1.12. The molecule has 0 saturated carbocycles. The first-order valence-electron chi connectivity index (χ1n) is 5.33. The predicted octanol–water partition coefficient (Wildman–Crippen LogP) is 4.10. The molecule has 0 aliphatic rings. The van der Waals surface area contributed by atoms with Gasteiger partial charge in [0.2, 0.25) is 0 Å². The second-order valence-electron chi connectivity index (χ2n) is 3.70. The van der Waals surface area contributed by atoms with Crippen LogP contribution in [0.3, 0.4) is 0 Å². The quantitative estimate of drug-likeness (QED) is 0.852. The molecule has 1 aromatic carbocycles. The van der Waals surface area contributed by atoms with Crippen molar-refractivity contribution in [3.63, 3.8) is 0 Å². The molecule has 0 fully saturated rings. The van der Waals surface area contributed by atoms with E-state index in [0.29, 0.717) is 0 Å². The molecule has 0 atom stereocenters. The van der Waals surface area contributed by atoms with E-state index in [1.165, 1.54) is 6.33 Å². The van der Waals surface area contributed by atoms with Crippen LogP contribution in [-0.4, -0.2) is 17.0 Å². The molecule has 0 bridgehead atoms. The lowest BCUT2D eigenvalue weighted by atomic mass is 10.2. The highest BCUT2D eigenvalue weighted by molar-refractivity contribution is 9.11. The van der Waals surface area contributed by atoms with E-state index in [4.69, 9.17) is 0 Å². The van der Waals surface area contributed by atoms with Crippen LogP contribution in [0.1, 0.15) is 5.56 Å². The fourth-order valence-corrected chi connectivity index (χ4v) is 2.69. The lowest BCUT2D eigenvalue weighted by Gasteiger charge is -2.12. The van der Waals surface area contributed by atoms with Crippen LogP contribution in [0.5, 0.6) is 0 Å². The van der Waals surface area contributed by atoms with Crippen molar-refractivity contribution in [3.8, 4) is 0 Å². The van der Waals surface area contributed by atoms with Crippen molar-refractivity contribution < 1.29 is 0 Å². The summed E-state index contributed by atoms with van der Waals surface area (Å²) in [4.78, 5) is 8.41. The minimum atomic E-state index is 0.789. The van der Waals surface area contributed by atoms with Crippen LogP contribution < -0.4 is 10.6 Å². The van der Waals surface area contributed by atoms with E-state index in [9.17, 15) is 0 Å². The van der Waals surface area contributed by atoms with Gasteiger partial charge in [0.15, 0.2) is 0 Å². The number of benzene rings is 1. The Kier molecular flexibility index (Phi) is 4.19. The number of hydrogen-bond donors (Lipinski definition) is 2. The standard InChI is InChI=1S/C12H12Br2N4/c1-7-11(15-2)16-6-17-12(7)18-10-4-3-8(13)5-9(10)14/h3-6H,1-2H3,(H2,15,16,17,18). The zero-order valence-electron chi connectivity index (χ0n) is 9.96. The van der Waals surface area contributed by atoms with Crippen LogP contribution in [0, 0.1) is 6.92 Å². The zero-order chi connectivity index (χ0) is 13.1. The number of aromatic nitrogens is 2. The van der Waals surface area contributed by atoms with Crippen molar-refractivity contribution in [2.45, 2.75) is 6.92 Å². The van der Waals surface area contributed by atoms with Gasteiger partial charge in [-0.05, 0) is 41.1 Å². The number of halogens is 2. The smallest absolute Gasteiger partial charge is 0.138 e. The summed E-state index contributed by atoms with van der Waals surface area (Å²) in [6.07, 6.45) is 1.54. The molecule has 18 heavy (non-hydrogen) atoms. The Morgan fingerprint density at radius 1 is 1.11 bits per heavy atom. The van der Waals surface area contributed by atoms with E-state index >= 15 is 0 Å². The molecule has 0 unspecified atom stereocenters. The normalized spacial score (nSPS) is 10.2. The topological polar surface area (TPSA) is 49.8 Å². The van der Waals surface area contributed by atoms with Gasteiger partial charge in [-0.3, -0.25) is 0 Å². The molecular weight excluding hydrogens is 360 g/mol. The summed E-state index contributed by atoms with van der Waals surface area (Å²) in [6.45, 7) is 1.97. The number of nitrogens with zero attached hydrogens (tertiary/aromatic N) is 2. The van der Waals surface area contributed by atoms with Gasteiger partial charge in [-0.15, -0.1) is 0 Å². The molecule has 1 aromatic heterocycles. The number of anilines is 3. The summed E-state index contributed by atoms with van der Waals surface area (Å²) in [5.74, 6) is 1.61. The molecular formula is C12H12Br2N4. The van der Waals surface area contributed by atoms with Gasteiger partial charge in [0.25, 0.3) is 0 Å². The van der Waals surface area contributed by atoms with Gasteiger partial charge in [0.1, 0.15) is 18.0 Å². The molecule has 2 rings (SSSR count). The molecule has 0 saturated heterocycles. The monoisotopic (exact) mass is 370 g/mol. The molecule has 0 spiro atoms. The minimum Gasteiger partial charge on any atom is -0.373 e. The molecule has 0 aliphatic heterocycles. The van der Waals surface area contributed by atoms with Crippen molar-refractivity contribution in [1.29, 1.82) is 0 Å². The van der Waals surface area contributed by atoms with E-state index in [-0.39, 0.29) is 0 Å². The molecule has 4 nitrogen and oxygen atoms in total. The fraction of sp³-hybridized carbons (Fsp3) is 0.167. The van der Waals surface area contributed by atoms with E-state index in [1.54, 1.807) is 0 Å². The van der Waals surface area contributed by atoms with Crippen LogP contribution in [0.2, 0.25) is 0 Å². The number of rotatable bonds is 3. The van der Waals surface area contributed by atoms with E-state index < -0.39 is 0 Å². The molecule has 0 aliphatic carbocycles. The SMILES string of the molecule is CNc1ncnc(Nc2ccc(Br)cc2Br)c1C. The number of nitrogens with one attached hydrogen (secondary N) is 2. The Morgan fingerprint density at radius 3 is 2.50 bits per heavy atom. The van der Waals surface area contributed by atoms with E-state index in [1.807, 2.05) is 32.2 Å². The fourth-order valence-electron chi connectivity index (χ4n) is 1.55. The molecule has 2 aromatic rings. The third-order valence-corrected chi connectivity index (χ3v) is 3.65. The van der Waals surface area contributed by atoms with Crippen molar-refractivity contribution >= 4 is 49.2 Å². The summed E-state index contributed by atoms with van der Waals surface area (Å²) in [5, 5.41) is 6.32. The molecule has 94 valence electrons. The van der Waals surface area contributed by atoms with Gasteiger partial charge >= 0.3 is 0 Å². The summed E-state index contributed by atoms with van der Waals surface area (Å²) >= 11 is 6.94. The molecule has 0 amide bonds. The molecule has 0 radical (unpaired) electrons. The first kappa shape index (κ1) is 13.3. The first-order valence-corrected chi connectivity index (χ1v) is 6.92. The summed E-state index contributed by atoms with van der Waals surface area (Å²) in [5.41, 5.74) is 1.94. The molecule has 2 N–H and O–H groups in total. The lowest BCUT2D eigenvalue weighted by Crippen LogP contribution is -2.02. The Labute approximate surface area is 122 Å². The van der Waals surface area contributed by atoms with Crippen LogP contribution in [0.25, 0.3) is 0 Å². The Morgan fingerprint density at radius 2 is 1.83 bits per heavy atom. The maximum Gasteiger partial charge on any atom is 0.138 e. The third-order valence-electron chi connectivity index (χ3n) is 2.51. The maximum atomic E-state index is 4.25. The molecule has 1 heterocycles. The average Bonchev–Trinajstić information content (AvgIpc) is 2.35. The van der Waals surface area contributed by atoms with Crippen molar-refractivity contribution in [3.05, 3.63) is 39.0 Å². The first-order chi connectivity index (χ1) is 8.61. The van der Waals surface area contributed by atoms with Crippen molar-refractivity contribution in [2.75, 3.05) is 17.7 Å². The highest BCUT2D eigenvalue weighted by atomic mass is 79.9. The third kappa shape index (κ3) is 2.81. The number of hydrogen-bond acceptors (Lipinski definition) is 4. The highest BCUT2D eigenvalue weighted by Crippen LogP contribution is 2.30. The minimum absolute atomic E-state index is 0.789. The van der Waals surface area contributed by atoms with Crippen LogP contribution in [0.15, 0.2) is 33.5 Å². The van der Waals surface area contributed by atoms with Crippen LogP contribution in [0.4, 0.5) is 17.3 Å². The predicted molar refractivity (Wildman–Crippen MR) is 81.4 cm³/mol. The second kappa shape index (κ2) is 5.67. The van der Waals surface area contributed by atoms with Crippen molar-refractivity contribution in [2.24, 2.45) is 0 Å². The Balaban J connectivity index is 2.34. The Bertz CT molecular complexity index is 572. The molecule has 6 heteroatoms. The van der Waals surface area contributed by atoms with Gasteiger partial charge in [-0.1, -0.05) is 15.9 Å². The average molecular weight is 372 g/mol. The highest BCUT2D eigenvalue weighted by Gasteiger charge is 2.07. The zero-order valence-corrected chi connectivity index (χ0v) is 13.1. The maximum absolute atomic E-state index is 4.25. The Hall–Kier alpha value is -1.14. The van der Waals surface area contributed by atoms with Crippen LogP contribution >= 0.6 is 31.9 Å². The van der Waals surface area contributed by atoms with Crippen LogP contribution in [-0.2, 0) is 0 Å². The van der Waals surface area contributed by atoms with Gasteiger partial charge in [-0.25, -0.2) is 9.97 Å². The van der Waals surface area contributed by atoms with Gasteiger partial charge in [0.05, 0.1) is 5.69 Å². The van der Waals surface area contributed by atoms with E-state index in [2.05, 4.69) is 52.5 Å². The van der Waals surface area contributed by atoms with Gasteiger partial charge < -0.3 is 10.6 Å². The summed E-state index contributed by atoms with van der Waals surface area (Å²) in [7, 11) is 1.84. The second-order valence-corrected chi connectivity index (χ2v) is 5.47. The summed E-state index contributed by atoms with van der Waals surface area (Å²) < 4.78 is 2.00. The summed E-state index contributed by atoms with van der Waals surface area (Å²) in [6, 6.07) is 5.94.